The van der Waals surface area contributed by atoms with Crippen molar-refractivity contribution >= 4 is 29.7 Å². The number of aromatic nitrogens is 2. The molecule has 0 bridgehead atoms. The second kappa shape index (κ2) is 13.1. The zero-order valence-electron chi connectivity index (χ0n) is 17.7. The largest absolute Gasteiger partial charge is 0.481 e. The van der Waals surface area contributed by atoms with Crippen molar-refractivity contribution < 1.29 is 44.4 Å². The standard InChI is InChI=1S/C18H28N6O9/c1-8(26)14(18(32)33)24-17(31)12(6-25)23-16(30)11(4-9-5-20-7-21-9)22-15(29)10(19)2-3-13(27)28/h5,7-8,10-12,14,25-26H,2-4,6,19H2,1H3,(H,20,21)(H,22,29)(H,23,30)(H,24,31)(H,27,28)(H,32,33). The molecule has 1 aromatic heterocycles. The Bertz CT molecular complexity index is 829. The molecule has 33 heavy (non-hydrogen) atoms. The molecular formula is C18H28N6O9. The van der Waals surface area contributed by atoms with E-state index in [0.717, 1.165) is 6.92 Å². The van der Waals surface area contributed by atoms with Crippen LogP contribution in [0, 0.1) is 0 Å². The molecule has 0 aliphatic rings. The lowest BCUT2D eigenvalue weighted by atomic mass is 10.1. The first kappa shape index (κ1) is 27.5. The first-order valence-corrected chi connectivity index (χ1v) is 9.83. The zero-order valence-corrected chi connectivity index (χ0v) is 17.7. The van der Waals surface area contributed by atoms with Gasteiger partial charge in [0.15, 0.2) is 6.04 Å². The van der Waals surface area contributed by atoms with Gasteiger partial charge in [-0.05, 0) is 13.3 Å². The number of hydrogen-bond donors (Lipinski definition) is 9. The number of carbonyl (C=O) groups is 5. The van der Waals surface area contributed by atoms with Crippen molar-refractivity contribution in [3.63, 3.8) is 0 Å². The summed E-state index contributed by atoms with van der Waals surface area (Å²) in [7, 11) is 0. The van der Waals surface area contributed by atoms with Crippen LogP contribution in [0.2, 0.25) is 0 Å². The molecule has 0 aliphatic carbocycles. The maximum atomic E-state index is 12.8. The number of aliphatic hydroxyl groups excluding tert-OH is 2. The van der Waals surface area contributed by atoms with E-state index in [4.69, 9.17) is 15.9 Å². The van der Waals surface area contributed by atoms with Crippen LogP contribution in [0.5, 0.6) is 0 Å². The number of carboxylic acids is 2. The summed E-state index contributed by atoms with van der Waals surface area (Å²) in [6.45, 7) is 0.224. The van der Waals surface area contributed by atoms with Crippen molar-refractivity contribution in [2.45, 2.75) is 56.5 Å². The van der Waals surface area contributed by atoms with Gasteiger partial charge in [0.1, 0.15) is 12.1 Å². The molecule has 1 aromatic rings. The van der Waals surface area contributed by atoms with E-state index < -0.39 is 66.5 Å². The van der Waals surface area contributed by atoms with E-state index in [2.05, 4.69) is 20.6 Å². The number of amides is 3. The number of carbonyl (C=O) groups excluding carboxylic acids is 3. The molecule has 0 fully saturated rings. The maximum Gasteiger partial charge on any atom is 0.328 e. The predicted molar refractivity (Wildman–Crippen MR) is 109 cm³/mol. The van der Waals surface area contributed by atoms with Gasteiger partial charge in [0.25, 0.3) is 0 Å². The summed E-state index contributed by atoms with van der Waals surface area (Å²) in [6, 6.07) is -5.81. The van der Waals surface area contributed by atoms with Gasteiger partial charge in [-0.25, -0.2) is 9.78 Å². The molecule has 15 nitrogen and oxygen atoms in total. The number of nitrogens with zero attached hydrogens (tertiary/aromatic N) is 1. The van der Waals surface area contributed by atoms with E-state index in [0.29, 0.717) is 5.69 Å². The molecule has 5 atom stereocenters. The van der Waals surface area contributed by atoms with Crippen LogP contribution in [0.15, 0.2) is 12.5 Å². The topological polar surface area (TPSA) is 257 Å². The van der Waals surface area contributed by atoms with Crippen LogP contribution in [0.4, 0.5) is 0 Å². The Balaban J connectivity index is 2.92. The van der Waals surface area contributed by atoms with Crippen LogP contribution < -0.4 is 21.7 Å². The second-order valence-corrected chi connectivity index (χ2v) is 7.19. The smallest absolute Gasteiger partial charge is 0.328 e. The lowest BCUT2D eigenvalue weighted by Gasteiger charge is -2.24. The lowest BCUT2D eigenvalue weighted by Crippen LogP contribution is -2.59. The van der Waals surface area contributed by atoms with E-state index in [1.807, 2.05) is 5.32 Å². The van der Waals surface area contributed by atoms with Crippen molar-refractivity contribution in [1.82, 2.24) is 25.9 Å². The highest BCUT2D eigenvalue weighted by molar-refractivity contribution is 5.94. The number of carboxylic acid groups (broad SMARTS) is 2. The highest BCUT2D eigenvalue weighted by atomic mass is 16.4. The molecule has 184 valence electrons. The highest BCUT2D eigenvalue weighted by Crippen LogP contribution is 2.03. The third kappa shape index (κ3) is 9.22. The molecule has 15 heteroatoms. The van der Waals surface area contributed by atoms with Gasteiger partial charge in [-0.15, -0.1) is 0 Å². The number of aliphatic carboxylic acids is 2. The number of H-pyrrole nitrogens is 1. The number of aliphatic hydroxyl groups is 2. The van der Waals surface area contributed by atoms with Gasteiger partial charge < -0.3 is 47.1 Å². The molecule has 0 aliphatic heterocycles. The van der Waals surface area contributed by atoms with Crippen LogP contribution in [-0.4, -0.2) is 96.9 Å². The van der Waals surface area contributed by atoms with Gasteiger partial charge in [-0.3, -0.25) is 19.2 Å². The number of aromatic amines is 1. The van der Waals surface area contributed by atoms with Crippen molar-refractivity contribution in [3.8, 4) is 0 Å². The summed E-state index contributed by atoms with van der Waals surface area (Å²) in [5.74, 6) is -5.49. The van der Waals surface area contributed by atoms with E-state index >= 15 is 0 Å². The van der Waals surface area contributed by atoms with E-state index in [1.165, 1.54) is 12.5 Å². The Kier molecular flexibility index (Phi) is 10.9. The fourth-order valence-electron chi connectivity index (χ4n) is 2.62. The van der Waals surface area contributed by atoms with Gasteiger partial charge in [-0.1, -0.05) is 0 Å². The molecule has 1 rings (SSSR count). The summed E-state index contributed by atoms with van der Waals surface area (Å²) in [4.78, 5) is 65.7. The van der Waals surface area contributed by atoms with Crippen molar-refractivity contribution in [1.29, 1.82) is 0 Å². The second-order valence-electron chi connectivity index (χ2n) is 7.19. The zero-order chi connectivity index (χ0) is 25.1. The van der Waals surface area contributed by atoms with E-state index in [1.54, 1.807) is 0 Å². The Morgan fingerprint density at radius 2 is 1.67 bits per heavy atom. The van der Waals surface area contributed by atoms with Gasteiger partial charge in [0, 0.05) is 24.7 Å². The summed E-state index contributed by atoms with van der Waals surface area (Å²) >= 11 is 0. The molecule has 0 saturated carbocycles. The third-order valence-corrected chi connectivity index (χ3v) is 4.48. The molecule has 0 aromatic carbocycles. The molecule has 3 amide bonds. The minimum absolute atomic E-state index is 0.117. The maximum absolute atomic E-state index is 12.8. The average Bonchev–Trinajstić information content (AvgIpc) is 3.25. The number of nitrogens with one attached hydrogen (secondary N) is 4. The summed E-state index contributed by atoms with van der Waals surface area (Å²) in [6.07, 6.45) is 0.587. The van der Waals surface area contributed by atoms with Crippen LogP contribution >= 0.6 is 0 Å². The van der Waals surface area contributed by atoms with Crippen LogP contribution in [-0.2, 0) is 30.4 Å². The summed E-state index contributed by atoms with van der Waals surface area (Å²) in [5, 5.41) is 43.3. The molecule has 1 heterocycles. The number of rotatable bonds is 14. The normalized spacial score (nSPS) is 15.4. The van der Waals surface area contributed by atoms with E-state index in [9.17, 15) is 34.2 Å². The fourth-order valence-corrected chi connectivity index (χ4v) is 2.62. The number of imidazole rings is 1. The Hall–Kier alpha value is -3.56. The number of nitrogens with two attached hydrogens (primary N) is 1. The van der Waals surface area contributed by atoms with Gasteiger partial charge >= 0.3 is 11.9 Å². The fraction of sp³-hybridized carbons (Fsp3) is 0.556. The Morgan fingerprint density at radius 3 is 2.15 bits per heavy atom. The Morgan fingerprint density at radius 1 is 1.06 bits per heavy atom. The molecule has 0 saturated heterocycles. The van der Waals surface area contributed by atoms with Gasteiger partial charge in [0.05, 0.1) is 25.1 Å². The molecule has 5 unspecified atom stereocenters. The third-order valence-electron chi connectivity index (χ3n) is 4.48. The van der Waals surface area contributed by atoms with Crippen molar-refractivity contribution in [3.05, 3.63) is 18.2 Å². The van der Waals surface area contributed by atoms with Crippen molar-refractivity contribution in [2.75, 3.05) is 6.61 Å². The summed E-state index contributed by atoms with van der Waals surface area (Å²) in [5.41, 5.74) is 6.09. The first-order valence-electron chi connectivity index (χ1n) is 9.83. The van der Waals surface area contributed by atoms with Crippen LogP contribution in [0.25, 0.3) is 0 Å². The number of hydrogen-bond acceptors (Lipinski definition) is 9. The minimum atomic E-state index is -1.68. The highest BCUT2D eigenvalue weighted by Gasteiger charge is 2.32. The van der Waals surface area contributed by atoms with E-state index in [-0.39, 0.29) is 19.3 Å². The molecular weight excluding hydrogens is 444 g/mol. The predicted octanol–water partition coefficient (Wildman–Crippen LogP) is -3.94. The quantitative estimate of drug-likeness (QED) is 0.126. The Labute approximate surface area is 187 Å². The SMILES string of the molecule is CC(O)C(NC(=O)C(CO)NC(=O)C(Cc1cnc[nH]1)NC(=O)C(N)CCC(=O)O)C(=O)O. The molecule has 10 N–H and O–H groups in total. The van der Waals surface area contributed by atoms with Crippen LogP contribution in [0.1, 0.15) is 25.5 Å². The molecule has 0 spiro atoms. The lowest BCUT2D eigenvalue weighted by molar-refractivity contribution is -0.145. The average molecular weight is 472 g/mol. The van der Waals surface area contributed by atoms with Gasteiger partial charge in [-0.2, -0.15) is 0 Å². The summed E-state index contributed by atoms with van der Waals surface area (Å²) < 4.78 is 0. The minimum Gasteiger partial charge on any atom is -0.481 e. The monoisotopic (exact) mass is 472 g/mol. The van der Waals surface area contributed by atoms with Crippen molar-refractivity contribution in [2.24, 2.45) is 5.73 Å². The van der Waals surface area contributed by atoms with Gasteiger partial charge in [0.2, 0.25) is 17.7 Å². The van der Waals surface area contributed by atoms with Crippen LogP contribution in [0.3, 0.4) is 0 Å². The molecule has 0 radical (unpaired) electrons. The first-order chi connectivity index (χ1) is 15.5.